The molecular formula is C11H4Cl2F3NOS. The number of thiazole rings is 1. The van der Waals surface area contributed by atoms with Gasteiger partial charge in [-0.05, 0) is 18.2 Å². The number of carbonyl (C=O) groups is 1. The molecule has 2 nitrogen and oxygen atoms in total. The van der Waals surface area contributed by atoms with Crippen molar-refractivity contribution in [2.45, 2.75) is 6.18 Å². The Morgan fingerprint density at radius 1 is 1.26 bits per heavy atom. The van der Waals surface area contributed by atoms with E-state index < -0.39 is 17.0 Å². The van der Waals surface area contributed by atoms with E-state index in [9.17, 15) is 18.0 Å². The van der Waals surface area contributed by atoms with Crippen LogP contribution < -0.4 is 0 Å². The summed E-state index contributed by atoms with van der Waals surface area (Å²) in [5.41, 5.74) is 0.0865. The predicted molar refractivity (Wildman–Crippen MR) is 67.0 cm³/mol. The van der Waals surface area contributed by atoms with Crippen molar-refractivity contribution in [3.05, 3.63) is 49.9 Å². The third kappa shape index (κ3) is 3.08. The monoisotopic (exact) mass is 325 g/mol. The molecule has 0 aliphatic carbocycles. The Bertz CT molecular complexity index is 639. The Hall–Kier alpha value is -1.11. The zero-order valence-corrected chi connectivity index (χ0v) is 11.3. The molecule has 2 rings (SSSR count). The van der Waals surface area contributed by atoms with E-state index in [0.717, 1.165) is 6.20 Å². The fourth-order valence-corrected chi connectivity index (χ4v) is 2.55. The zero-order chi connectivity index (χ0) is 14.2. The van der Waals surface area contributed by atoms with Crippen LogP contribution in [0.25, 0.3) is 0 Å². The van der Waals surface area contributed by atoms with Gasteiger partial charge in [0.05, 0.1) is 9.90 Å². The van der Waals surface area contributed by atoms with Crippen LogP contribution in [-0.4, -0.2) is 10.8 Å². The van der Waals surface area contributed by atoms with Crippen molar-refractivity contribution in [1.82, 2.24) is 4.98 Å². The topological polar surface area (TPSA) is 30.0 Å². The summed E-state index contributed by atoms with van der Waals surface area (Å²) in [6, 6.07) is 4.15. The lowest BCUT2D eigenvalue weighted by molar-refractivity contribution is -0.137. The number of rotatable bonds is 2. The molecule has 1 heterocycles. The van der Waals surface area contributed by atoms with Crippen molar-refractivity contribution in [3.8, 4) is 0 Å². The highest BCUT2D eigenvalue weighted by Gasteiger charge is 2.35. The maximum Gasteiger partial charge on any atom is 0.443 e. The van der Waals surface area contributed by atoms with Gasteiger partial charge >= 0.3 is 6.18 Å². The van der Waals surface area contributed by atoms with Gasteiger partial charge in [0.15, 0.2) is 5.01 Å². The summed E-state index contributed by atoms with van der Waals surface area (Å²) in [6.45, 7) is 0. The number of aromatic nitrogens is 1. The average molecular weight is 326 g/mol. The lowest BCUT2D eigenvalue weighted by atomic mass is 10.1. The molecule has 0 saturated heterocycles. The standard InChI is InChI=1S/C11H4Cl2F3NOS/c12-5-1-2-6(7(13)3-5)9(18)8-4-17-10(19-8)11(14,15)16/h1-4H. The molecular weight excluding hydrogens is 322 g/mol. The van der Waals surface area contributed by atoms with E-state index in [-0.39, 0.29) is 26.8 Å². The van der Waals surface area contributed by atoms with Gasteiger partial charge in [-0.3, -0.25) is 4.79 Å². The van der Waals surface area contributed by atoms with Crippen LogP contribution in [-0.2, 0) is 6.18 Å². The second-order valence-corrected chi connectivity index (χ2v) is 5.36. The van der Waals surface area contributed by atoms with Gasteiger partial charge in [-0.2, -0.15) is 13.2 Å². The number of hydrogen-bond acceptors (Lipinski definition) is 3. The quantitative estimate of drug-likeness (QED) is 0.749. The molecule has 1 aromatic heterocycles. The Labute approximate surface area is 119 Å². The summed E-state index contributed by atoms with van der Waals surface area (Å²) in [5.74, 6) is -0.616. The first-order valence-corrected chi connectivity index (χ1v) is 6.39. The van der Waals surface area contributed by atoms with Crippen LogP contribution in [0.15, 0.2) is 24.4 Å². The molecule has 0 spiro atoms. The lowest BCUT2D eigenvalue weighted by Gasteiger charge is -2.02. The molecule has 0 aliphatic rings. The Balaban J connectivity index is 2.37. The van der Waals surface area contributed by atoms with Crippen molar-refractivity contribution in [2.75, 3.05) is 0 Å². The normalized spacial score (nSPS) is 11.6. The van der Waals surface area contributed by atoms with E-state index in [2.05, 4.69) is 4.98 Å². The largest absolute Gasteiger partial charge is 0.443 e. The van der Waals surface area contributed by atoms with Gasteiger partial charge in [0, 0.05) is 16.8 Å². The number of alkyl halides is 3. The summed E-state index contributed by atoms with van der Waals surface area (Å²) >= 11 is 11.8. The molecule has 0 radical (unpaired) electrons. The number of nitrogens with zero attached hydrogens (tertiary/aromatic N) is 1. The first-order valence-electron chi connectivity index (χ1n) is 4.82. The van der Waals surface area contributed by atoms with Crippen molar-refractivity contribution < 1.29 is 18.0 Å². The smallest absolute Gasteiger partial charge is 0.288 e. The van der Waals surface area contributed by atoms with Crippen LogP contribution in [0.4, 0.5) is 13.2 Å². The SMILES string of the molecule is O=C(c1cnc(C(F)(F)F)s1)c1ccc(Cl)cc1Cl. The molecule has 0 amide bonds. The molecule has 0 N–H and O–H groups in total. The van der Waals surface area contributed by atoms with Gasteiger partial charge in [0.25, 0.3) is 0 Å². The molecule has 0 atom stereocenters. The minimum absolute atomic E-state index is 0.0828. The fourth-order valence-electron chi connectivity index (χ4n) is 1.32. The van der Waals surface area contributed by atoms with E-state index >= 15 is 0 Å². The maximum atomic E-state index is 12.4. The number of benzene rings is 1. The van der Waals surface area contributed by atoms with Crippen molar-refractivity contribution in [3.63, 3.8) is 0 Å². The Kier molecular flexibility index (Phi) is 3.85. The highest BCUT2D eigenvalue weighted by molar-refractivity contribution is 7.14. The molecule has 0 fully saturated rings. The molecule has 2 aromatic rings. The Morgan fingerprint density at radius 2 is 1.95 bits per heavy atom. The van der Waals surface area contributed by atoms with Crippen LogP contribution in [0.1, 0.15) is 20.2 Å². The lowest BCUT2D eigenvalue weighted by Crippen LogP contribution is -2.03. The van der Waals surface area contributed by atoms with Gasteiger partial charge in [-0.1, -0.05) is 23.2 Å². The van der Waals surface area contributed by atoms with E-state index in [1.54, 1.807) is 0 Å². The van der Waals surface area contributed by atoms with Gasteiger partial charge in [-0.15, -0.1) is 11.3 Å². The molecule has 0 saturated carbocycles. The summed E-state index contributed by atoms with van der Waals surface area (Å²) in [7, 11) is 0. The van der Waals surface area contributed by atoms with Crippen LogP contribution in [0, 0.1) is 0 Å². The number of carbonyl (C=O) groups excluding carboxylic acids is 1. The summed E-state index contributed by atoms with van der Waals surface area (Å²) in [5, 5.41) is -0.651. The number of hydrogen-bond donors (Lipinski definition) is 0. The molecule has 0 bridgehead atoms. The third-order valence-corrected chi connectivity index (χ3v) is 3.74. The maximum absolute atomic E-state index is 12.4. The molecule has 0 unspecified atom stereocenters. The van der Waals surface area contributed by atoms with Crippen LogP contribution in [0.5, 0.6) is 0 Å². The average Bonchev–Trinajstić information content (AvgIpc) is 2.76. The minimum atomic E-state index is -4.56. The third-order valence-electron chi connectivity index (χ3n) is 2.15. The zero-order valence-electron chi connectivity index (χ0n) is 8.96. The van der Waals surface area contributed by atoms with Gasteiger partial charge in [0.1, 0.15) is 0 Å². The molecule has 1 aromatic carbocycles. The van der Waals surface area contributed by atoms with Crippen LogP contribution >= 0.6 is 34.5 Å². The number of halogens is 5. The van der Waals surface area contributed by atoms with E-state index in [1.165, 1.54) is 18.2 Å². The first kappa shape index (κ1) is 14.3. The highest BCUT2D eigenvalue weighted by atomic mass is 35.5. The van der Waals surface area contributed by atoms with Crippen LogP contribution in [0.2, 0.25) is 10.0 Å². The predicted octanol–water partition coefficient (Wildman–Crippen LogP) is 4.70. The summed E-state index contributed by atoms with van der Waals surface area (Å²) in [4.78, 5) is 15.1. The fraction of sp³-hybridized carbons (Fsp3) is 0.0909. The minimum Gasteiger partial charge on any atom is -0.288 e. The van der Waals surface area contributed by atoms with E-state index in [1.807, 2.05) is 0 Å². The van der Waals surface area contributed by atoms with Gasteiger partial charge < -0.3 is 0 Å². The Morgan fingerprint density at radius 3 is 2.47 bits per heavy atom. The highest BCUT2D eigenvalue weighted by Crippen LogP contribution is 2.33. The van der Waals surface area contributed by atoms with Crippen molar-refractivity contribution >= 4 is 40.3 Å². The first-order chi connectivity index (χ1) is 8.79. The van der Waals surface area contributed by atoms with E-state index in [4.69, 9.17) is 23.2 Å². The molecule has 19 heavy (non-hydrogen) atoms. The summed E-state index contributed by atoms with van der Waals surface area (Å²) < 4.78 is 37.2. The van der Waals surface area contributed by atoms with E-state index in [0.29, 0.717) is 5.02 Å². The van der Waals surface area contributed by atoms with Gasteiger partial charge in [0.2, 0.25) is 5.78 Å². The number of ketones is 1. The van der Waals surface area contributed by atoms with Crippen molar-refractivity contribution in [2.24, 2.45) is 0 Å². The van der Waals surface area contributed by atoms with Crippen molar-refractivity contribution in [1.29, 1.82) is 0 Å². The second-order valence-electron chi connectivity index (χ2n) is 3.48. The van der Waals surface area contributed by atoms with Gasteiger partial charge in [-0.25, -0.2) is 4.98 Å². The molecule has 100 valence electrons. The molecule has 8 heteroatoms. The molecule has 0 aliphatic heterocycles. The second kappa shape index (κ2) is 5.11. The summed E-state index contributed by atoms with van der Waals surface area (Å²) in [6.07, 6.45) is -3.67. The van der Waals surface area contributed by atoms with Crippen LogP contribution in [0.3, 0.4) is 0 Å².